The molecule has 7 aromatic rings. The Morgan fingerprint density at radius 3 is 2.27 bits per heavy atom. The van der Waals surface area contributed by atoms with Gasteiger partial charge in [0, 0.05) is 52.6 Å². The Labute approximate surface area is 390 Å². The third-order valence-corrected chi connectivity index (χ3v) is 23.4. The largest absolute Gasteiger partial charge is 0.518 e. The van der Waals surface area contributed by atoms with Gasteiger partial charge in [0.25, 0.3) is 0 Å². The first kappa shape index (κ1) is 46.5. The first-order valence-electron chi connectivity index (χ1n) is 22.0. The molecule has 3 atom stereocenters. The third kappa shape index (κ3) is 7.13. The Morgan fingerprint density at radius 1 is 0.939 bits per heavy atom. The number of benzene rings is 3. The molecule has 0 unspecified atom stereocenters. The van der Waals surface area contributed by atoms with E-state index in [-0.39, 0.29) is 76.8 Å². The maximum Gasteiger partial charge on any atom is 0.518 e. The fraction of sp³-hybridized carbons (Fsp3) is 0.417. The second-order valence-electron chi connectivity index (χ2n) is 18.9. The van der Waals surface area contributed by atoms with E-state index >= 15 is 4.39 Å². The lowest BCUT2D eigenvalue weighted by molar-refractivity contribution is -0.0448. The smallest absolute Gasteiger partial charge is 0.391 e. The average molecular weight is 974 g/mol. The summed E-state index contributed by atoms with van der Waals surface area (Å²) in [5.41, 5.74) is -0.417. The fourth-order valence-electron chi connectivity index (χ4n) is 11.2. The number of anilines is 1. The van der Waals surface area contributed by atoms with E-state index in [1.807, 2.05) is 30.5 Å². The van der Waals surface area contributed by atoms with Gasteiger partial charge in [-0.15, -0.1) is 21.0 Å². The van der Waals surface area contributed by atoms with Crippen molar-refractivity contribution in [2.24, 2.45) is 0 Å². The number of hydrogen-bond donors (Lipinski definition) is 1. The highest BCUT2D eigenvalue weighted by molar-refractivity contribution is 7.98. The number of aromatic nitrogens is 5. The molecule has 1 N–H and O–H groups in total. The van der Waals surface area contributed by atoms with Gasteiger partial charge in [0.2, 0.25) is 0 Å². The molecule has 2 aliphatic heterocycles. The zero-order valence-electron chi connectivity index (χ0n) is 38.1. The number of aliphatic hydroxyl groups is 1. The fourth-order valence-corrected chi connectivity index (χ4v) is 18.8. The van der Waals surface area contributed by atoms with Crippen molar-refractivity contribution in [2.45, 2.75) is 113 Å². The van der Waals surface area contributed by atoms with Gasteiger partial charge in [-0.1, -0.05) is 95.6 Å². The predicted octanol–water partition coefficient (Wildman–Crippen LogP) is 11.1. The van der Waals surface area contributed by atoms with Crippen LogP contribution >= 0.6 is 23.1 Å². The number of fused-ring (bicyclic) bond motifs is 7. The minimum atomic E-state index is -5.99. The second-order valence-corrected chi connectivity index (χ2v) is 28.0. The van der Waals surface area contributed by atoms with Crippen LogP contribution in [-0.2, 0) is 15.6 Å². The Morgan fingerprint density at radius 2 is 1.64 bits per heavy atom. The molecule has 0 aliphatic carbocycles. The molecule has 346 valence electrons. The van der Waals surface area contributed by atoms with Crippen LogP contribution in [-0.4, -0.2) is 93.7 Å². The van der Waals surface area contributed by atoms with Crippen molar-refractivity contribution in [3.63, 3.8) is 0 Å². The normalized spacial score (nSPS) is 18.8. The summed E-state index contributed by atoms with van der Waals surface area (Å²) in [5, 5.41) is 18.0. The maximum atomic E-state index is 16.6. The van der Waals surface area contributed by atoms with Crippen molar-refractivity contribution in [2.75, 3.05) is 24.2 Å². The Balaban J connectivity index is 1.30. The van der Waals surface area contributed by atoms with E-state index in [4.69, 9.17) is 15.0 Å². The second kappa shape index (κ2) is 16.5. The maximum absolute atomic E-state index is 16.6. The van der Waals surface area contributed by atoms with E-state index < -0.39 is 35.5 Å². The molecule has 4 aromatic heterocycles. The van der Waals surface area contributed by atoms with Crippen LogP contribution in [0.2, 0.25) is 16.6 Å². The number of aliphatic hydroxyl groups excluding tert-OH is 1. The molecule has 0 spiro atoms. The summed E-state index contributed by atoms with van der Waals surface area (Å²) in [6.07, 6.45) is 4.58. The van der Waals surface area contributed by atoms with Crippen LogP contribution in [0.3, 0.4) is 0 Å². The molecular weight excluding hydrogens is 923 g/mol. The quantitative estimate of drug-likeness (QED) is 0.0493. The summed E-state index contributed by atoms with van der Waals surface area (Å²) in [6.45, 7) is 18.3. The molecule has 3 aromatic carbocycles. The number of thioether (sulfide) groups is 1. The topological polar surface area (TPSA) is 117 Å². The molecule has 2 bridgehead atoms. The number of piperazine rings is 1. The van der Waals surface area contributed by atoms with E-state index in [2.05, 4.69) is 93.9 Å². The van der Waals surface area contributed by atoms with E-state index in [1.54, 1.807) is 6.20 Å². The number of pyridine rings is 1. The van der Waals surface area contributed by atoms with E-state index in [1.165, 1.54) is 41.3 Å². The van der Waals surface area contributed by atoms with Crippen LogP contribution < -0.4 is 4.90 Å². The Hall–Kier alpha value is -4.64. The zero-order valence-corrected chi connectivity index (χ0v) is 41.5. The highest BCUT2D eigenvalue weighted by Gasteiger charge is 2.52. The van der Waals surface area contributed by atoms with Crippen LogP contribution in [0.4, 0.5) is 23.4 Å². The van der Waals surface area contributed by atoms with Crippen LogP contribution in [0, 0.1) is 17.3 Å². The number of hydrogen-bond acceptors (Lipinski definition) is 11. The van der Waals surface area contributed by atoms with Gasteiger partial charge in [0.15, 0.2) is 5.16 Å². The van der Waals surface area contributed by atoms with Crippen molar-refractivity contribution >= 4 is 89.0 Å². The lowest BCUT2D eigenvalue weighted by atomic mass is 9.89. The van der Waals surface area contributed by atoms with Crippen molar-refractivity contribution < 1.29 is 31.1 Å². The van der Waals surface area contributed by atoms with Gasteiger partial charge in [0.05, 0.1) is 45.2 Å². The summed E-state index contributed by atoms with van der Waals surface area (Å²) < 4.78 is 86.1. The van der Waals surface area contributed by atoms with Crippen molar-refractivity contribution in [3.8, 4) is 22.7 Å². The summed E-state index contributed by atoms with van der Waals surface area (Å²) in [4.78, 5) is 20.3. The molecule has 2 aliphatic rings. The molecule has 9 rings (SSSR count). The van der Waals surface area contributed by atoms with Gasteiger partial charge >= 0.3 is 15.5 Å². The Bertz CT molecular complexity index is 3220. The van der Waals surface area contributed by atoms with Crippen LogP contribution in [0.25, 0.3) is 53.2 Å². The molecule has 2 fully saturated rings. The molecule has 2 saturated heterocycles. The lowest BCUT2D eigenvalue weighted by Gasteiger charge is -2.50. The van der Waals surface area contributed by atoms with Crippen molar-refractivity contribution in [1.82, 2.24) is 29.0 Å². The van der Waals surface area contributed by atoms with Gasteiger partial charge in [-0.2, -0.15) is 26.7 Å². The SMILES string of the molecule is CSc1nc(N2C[C@@H]3C[C@H](O)[C@H](C2)N3C(C)(C)c2ccccc2)c2c(n1)sc1c(-c3c4cnn(S(=O)(=O)C(F)(F)F)c4cc4ccc(F)c(C#C[Si](C(C)C)(C(C)C)C(C)C)c34)nccc12. The predicted molar refractivity (Wildman–Crippen MR) is 261 cm³/mol. The summed E-state index contributed by atoms with van der Waals surface area (Å²) >= 11 is 2.71. The first-order chi connectivity index (χ1) is 31.1. The monoisotopic (exact) mass is 973 g/mol. The number of thiophene rings is 1. The number of halogens is 4. The zero-order chi connectivity index (χ0) is 47.4. The Kier molecular flexibility index (Phi) is 11.7. The van der Waals surface area contributed by atoms with Crippen molar-refractivity contribution in [3.05, 3.63) is 83.9 Å². The van der Waals surface area contributed by atoms with Gasteiger partial charge in [-0.25, -0.2) is 14.4 Å². The summed E-state index contributed by atoms with van der Waals surface area (Å²) in [7, 11) is -8.44. The van der Waals surface area contributed by atoms with Gasteiger partial charge in [0.1, 0.15) is 24.5 Å². The standard InChI is InChI=1S/C48H51F4N7O3S3Si/c1-26(2)66(27(3)4,28(5)6)20-18-32-35(49)16-15-29-21-36-34(23-54-59(36)65(61,62)48(50,51)52)40(39(29)32)42-43-33(17-19-53-42)41-44(55-46(63-9)56-45(41)64-43)57-24-31-22-38(60)37(25-57)58(31)47(7,8)30-13-11-10-12-14-30/h10-17,19,21,23,26-28,31,37-38,60H,22,24-25H2,1-9H3/t31-,37-,38-/m0/s1. The summed E-state index contributed by atoms with van der Waals surface area (Å²) in [6, 6.07) is 15.9. The first-order valence-corrected chi connectivity index (χ1v) is 27.7. The van der Waals surface area contributed by atoms with E-state index in [9.17, 15) is 26.7 Å². The molecule has 0 amide bonds. The highest BCUT2D eigenvalue weighted by Crippen LogP contribution is 2.49. The van der Waals surface area contributed by atoms with Gasteiger partial charge in [-0.3, -0.25) is 9.88 Å². The number of nitrogens with zero attached hydrogens (tertiary/aromatic N) is 7. The van der Waals surface area contributed by atoms with Gasteiger partial charge in [-0.05, 0) is 72.3 Å². The molecule has 0 radical (unpaired) electrons. The van der Waals surface area contributed by atoms with Crippen LogP contribution in [0.1, 0.15) is 72.9 Å². The van der Waals surface area contributed by atoms with Gasteiger partial charge < -0.3 is 10.0 Å². The highest BCUT2D eigenvalue weighted by atomic mass is 32.2. The van der Waals surface area contributed by atoms with Crippen LogP contribution in [0.15, 0.2) is 72.1 Å². The molecule has 6 heterocycles. The average Bonchev–Trinajstić information content (AvgIpc) is 3.93. The molecule has 0 saturated carbocycles. The van der Waals surface area contributed by atoms with Crippen LogP contribution in [0.5, 0.6) is 0 Å². The molecular formula is C48H51F4N7O3S3Si. The molecule has 66 heavy (non-hydrogen) atoms. The lowest BCUT2D eigenvalue weighted by Crippen LogP contribution is -2.61. The molecule has 18 heteroatoms. The van der Waals surface area contributed by atoms with Crippen molar-refractivity contribution in [1.29, 1.82) is 0 Å². The minimum absolute atomic E-state index is 0.00492. The number of alkyl halides is 3. The third-order valence-electron chi connectivity index (χ3n) is 14.2. The molecule has 10 nitrogen and oxygen atoms in total. The summed E-state index contributed by atoms with van der Waals surface area (Å²) in [5.74, 6) is 3.34. The van der Waals surface area contributed by atoms with E-state index in [0.29, 0.717) is 45.4 Å². The van der Waals surface area contributed by atoms with E-state index in [0.717, 1.165) is 17.1 Å². The minimum Gasteiger partial charge on any atom is -0.391 e. The number of rotatable bonds is 9.